The highest BCUT2D eigenvalue weighted by molar-refractivity contribution is 5.77. The van der Waals surface area contributed by atoms with Gasteiger partial charge in [-0.05, 0) is 201 Å². The van der Waals surface area contributed by atoms with E-state index in [1.165, 1.54) is 52.7 Å². The summed E-state index contributed by atoms with van der Waals surface area (Å²) in [6.45, 7) is 50.4. The highest BCUT2D eigenvalue weighted by atomic mass is 16.7. The van der Waals surface area contributed by atoms with Gasteiger partial charge in [0.05, 0.1) is 39.3 Å². The minimum absolute atomic E-state index is 0.0439. The Balaban J connectivity index is 0.000000965. The van der Waals surface area contributed by atoms with Crippen molar-refractivity contribution in [3.05, 3.63) is 0 Å². The molecule has 0 saturated heterocycles. The number of carbonyl (C=O) groups excluding carboxylic acids is 5. The fourth-order valence-electron chi connectivity index (χ4n) is 10.1. The number of methoxy groups -OCH3 is 2. The normalized spacial score (nSPS) is 25.1. The van der Waals surface area contributed by atoms with Crippen LogP contribution in [-0.2, 0) is 71.3 Å². The van der Waals surface area contributed by atoms with Crippen molar-refractivity contribution in [3.8, 4) is 0 Å². The number of ether oxygens (including phenoxy) is 10. The summed E-state index contributed by atoms with van der Waals surface area (Å²) < 4.78 is 52.6. The Labute approximate surface area is 469 Å². The minimum atomic E-state index is -0.469. The first-order valence-corrected chi connectivity index (χ1v) is 29.0. The molecule has 0 aromatic carbocycles. The van der Waals surface area contributed by atoms with E-state index >= 15 is 0 Å². The van der Waals surface area contributed by atoms with Gasteiger partial charge in [-0.15, -0.1) is 0 Å². The SMILES string of the molecule is CCC(C)(C)C(=O)OC(C)OC.CCC(C)(C)C(=O)OC(C)OC1C2(C)CCC(C2)C1(C)C.CCC(C)(C)C(=O)OCOC.CCC(C)(C)C(=O)OCOC1C2(C)CCC(C2)C1(C)C.CCOC(C)OC(=O)C(C)(C)CC. The van der Waals surface area contributed by atoms with Gasteiger partial charge in [0, 0.05) is 20.8 Å². The van der Waals surface area contributed by atoms with Crippen LogP contribution in [0.2, 0.25) is 0 Å². The Bertz CT molecular complexity index is 1810. The molecule has 15 heteroatoms. The van der Waals surface area contributed by atoms with Gasteiger partial charge in [-0.25, -0.2) is 0 Å². The van der Waals surface area contributed by atoms with Crippen molar-refractivity contribution in [1.29, 1.82) is 0 Å². The quantitative estimate of drug-likeness (QED) is 0.0536. The topological polar surface area (TPSA) is 178 Å². The Morgan fingerprint density at radius 2 is 0.792 bits per heavy atom. The predicted octanol–water partition coefficient (Wildman–Crippen LogP) is 14.6. The van der Waals surface area contributed by atoms with Crippen LogP contribution in [0, 0.1) is 60.6 Å². The molecular formula is C62H116O15. The van der Waals surface area contributed by atoms with Gasteiger partial charge in [-0.1, -0.05) is 76.2 Å². The van der Waals surface area contributed by atoms with E-state index in [0.717, 1.165) is 43.9 Å². The molecule has 9 atom stereocenters. The molecule has 4 fully saturated rings. The molecule has 77 heavy (non-hydrogen) atoms. The standard InChI is InChI=1S/C18H32O3.C17H30O3.C10H20O3.C9H18O3.C8H16O3/c1-8-16(3,4)15(19)21-12(2)20-14-17(5,6)13-9-10-18(14,7)11-13;1-7-15(2,3)14(18)20-11-19-13-16(4,5)12-8-9-17(13,6)10-12;1-6-10(4,5)9(11)13-8(3)12-7-2;1-6-9(3,4)8(10)12-7(2)11-5;1-5-8(2,3)7(9)11-6-10-4/h12-14H,8-11H2,1-7H3;12-13H,7-11H2,1-6H3;8H,6-7H2,1-5H3;7H,6H2,1-5H3;5-6H2,1-4H3. The lowest BCUT2D eigenvalue weighted by Gasteiger charge is -2.43. The summed E-state index contributed by atoms with van der Waals surface area (Å²) in [5.41, 5.74) is -1.19. The average molecular weight is 1100 g/mol. The fourth-order valence-corrected chi connectivity index (χ4v) is 10.1. The summed E-state index contributed by atoms with van der Waals surface area (Å²) in [5.74, 6) is 0.551. The molecule has 454 valence electrons. The fraction of sp³-hybridized carbons (Fsp3) is 0.919. The van der Waals surface area contributed by atoms with Crippen LogP contribution in [-0.4, -0.2) is 95.3 Å². The van der Waals surface area contributed by atoms with Gasteiger partial charge in [0.25, 0.3) is 0 Å². The third kappa shape index (κ3) is 21.5. The van der Waals surface area contributed by atoms with Crippen LogP contribution in [0.5, 0.6) is 0 Å². The zero-order valence-corrected chi connectivity index (χ0v) is 54.1. The molecule has 9 unspecified atom stereocenters. The summed E-state index contributed by atoms with van der Waals surface area (Å²) in [5, 5.41) is 0. The molecule has 0 aromatic heterocycles. The summed E-state index contributed by atoms with van der Waals surface area (Å²) in [6, 6.07) is 0. The van der Waals surface area contributed by atoms with Gasteiger partial charge < -0.3 is 47.4 Å². The number of esters is 5. The van der Waals surface area contributed by atoms with Crippen LogP contribution >= 0.6 is 0 Å². The van der Waals surface area contributed by atoms with Crippen LogP contribution in [0.4, 0.5) is 0 Å². The van der Waals surface area contributed by atoms with Crippen molar-refractivity contribution in [2.45, 2.75) is 275 Å². The Kier molecular flexibility index (Phi) is 29.7. The van der Waals surface area contributed by atoms with E-state index in [1.807, 2.05) is 118 Å². The van der Waals surface area contributed by atoms with Crippen molar-refractivity contribution in [3.63, 3.8) is 0 Å². The van der Waals surface area contributed by atoms with Crippen molar-refractivity contribution >= 4 is 29.8 Å². The molecule has 0 aromatic rings. The van der Waals surface area contributed by atoms with Gasteiger partial charge in [0.15, 0.2) is 32.5 Å². The lowest BCUT2D eigenvalue weighted by Crippen LogP contribution is -2.45. The number of hydrogen-bond donors (Lipinski definition) is 0. The largest absolute Gasteiger partial charge is 0.438 e. The minimum Gasteiger partial charge on any atom is -0.438 e. The van der Waals surface area contributed by atoms with E-state index in [9.17, 15) is 24.0 Å². The highest BCUT2D eigenvalue weighted by Crippen LogP contribution is 2.64. The van der Waals surface area contributed by atoms with Gasteiger partial charge in [0.2, 0.25) is 0 Å². The molecule has 0 N–H and O–H groups in total. The maximum atomic E-state index is 12.2. The maximum Gasteiger partial charge on any atom is 0.313 e. The van der Waals surface area contributed by atoms with Gasteiger partial charge in [-0.2, -0.15) is 0 Å². The number of hydrogen-bond acceptors (Lipinski definition) is 15. The molecular weight excluding hydrogens is 985 g/mol. The van der Waals surface area contributed by atoms with E-state index in [1.54, 1.807) is 13.8 Å². The van der Waals surface area contributed by atoms with E-state index < -0.39 is 45.9 Å². The number of fused-ring (bicyclic) bond motifs is 4. The van der Waals surface area contributed by atoms with Crippen molar-refractivity contribution in [2.24, 2.45) is 60.6 Å². The van der Waals surface area contributed by atoms with Crippen LogP contribution < -0.4 is 0 Å². The van der Waals surface area contributed by atoms with Crippen LogP contribution in [0.15, 0.2) is 0 Å². The summed E-state index contributed by atoms with van der Waals surface area (Å²) in [7, 11) is 3.00. The molecule has 4 saturated carbocycles. The Morgan fingerprint density at radius 1 is 0.468 bits per heavy atom. The molecule has 0 aliphatic heterocycles. The molecule has 4 rings (SSSR count). The Morgan fingerprint density at radius 3 is 1.10 bits per heavy atom. The molecule has 4 aliphatic rings. The van der Waals surface area contributed by atoms with Crippen LogP contribution in [0.25, 0.3) is 0 Å². The maximum absolute atomic E-state index is 12.2. The van der Waals surface area contributed by atoms with Crippen LogP contribution in [0.3, 0.4) is 0 Å². The lowest BCUT2D eigenvalue weighted by atomic mass is 9.70. The lowest BCUT2D eigenvalue weighted by molar-refractivity contribution is -0.219. The Hall–Kier alpha value is -2.85. The molecule has 4 aliphatic carbocycles. The molecule has 4 bridgehead atoms. The van der Waals surface area contributed by atoms with Crippen LogP contribution in [0.1, 0.15) is 244 Å². The molecule has 15 nitrogen and oxygen atoms in total. The van der Waals surface area contributed by atoms with E-state index in [2.05, 4.69) is 46.3 Å². The zero-order chi connectivity index (χ0) is 60.4. The molecule has 0 spiro atoms. The first kappa shape index (κ1) is 74.2. The summed E-state index contributed by atoms with van der Waals surface area (Å²) in [6.07, 6.45) is 10.4. The highest BCUT2D eigenvalue weighted by Gasteiger charge is 2.61. The van der Waals surface area contributed by atoms with E-state index in [4.69, 9.17) is 42.6 Å². The molecule has 0 heterocycles. The monoisotopic (exact) mass is 1100 g/mol. The average Bonchev–Trinajstić information content (AvgIpc) is 4.06. The second-order valence-corrected chi connectivity index (χ2v) is 27.1. The zero-order valence-electron chi connectivity index (χ0n) is 54.1. The first-order valence-electron chi connectivity index (χ1n) is 29.0. The van der Waals surface area contributed by atoms with Gasteiger partial charge in [0.1, 0.15) is 0 Å². The number of carbonyl (C=O) groups is 5. The van der Waals surface area contributed by atoms with E-state index in [0.29, 0.717) is 6.61 Å². The predicted molar refractivity (Wildman–Crippen MR) is 303 cm³/mol. The third-order valence-electron chi connectivity index (χ3n) is 18.1. The first-order chi connectivity index (χ1) is 35.1. The molecule has 0 amide bonds. The van der Waals surface area contributed by atoms with Crippen molar-refractivity contribution < 1.29 is 71.3 Å². The van der Waals surface area contributed by atoms with E-state index in [-0.39, 0.29) is 77.3 Å². The van der Waals surface area contributed by atoms with Gasteiger partial charge in [-0.3, -0.25) is 24.0 Å². The number of rotatable bonds is 23. The van der Waals surface area contributed by atoms with Crippen molar-refractivity contribution in [1.82, 2.24) is 0 Å². The smallest absolute Gasteiger partial charge is 0.313 e. The molecule has 0 radical (unpaired) electrons. The third-order valence-corrected chi connectivity index (χ3v) is 18.1. The second kappa shape index (κ2) is 30.8. The van der Waals surface area contributed by atoms with Gasteiger partial charge >= 0.3 is 29.8 Å². The summed E-state index contributed by atoms with van der Waals surface area (Å²) >= 11 is 0. The van der Waals surface area contributed by atoms with Crippen molar-refractivity contribution in [2.75, 3.05) is 34.4 Å². The summed E-state index contributed by atoms with van der Waals surface area (Å²) in [4.78, 5) is 58.1. The second-order valence-electron chi connectivity index (χ2n) is 27.1.